The van der Waals surface area contributed by atoms with E-state index in [1.165, 1.54) is 12.8 Å². The molecule has 1 amide bonds. The molecule has 23 heavy (non-hydrogen) atoms. The van der Waals surface area contributed by atoms with Crippen LogP contribution in [0.25, 0.3) is 0 Å². The molecule has 1 aliphatic carbocycles. The molecule has 0 bridgehead atoms. The average Bonchev–Trinajstić information content (AvgIpc) is 3.31. The maximum atomic E-state index is 11.6. The van der Waals surface area contributed by atoms with E-state index >= 15 is 0 Å². The van der Waals surface area contributed by atoms with Gasteiger partial charge in [-0.15, -0.1) is 24.0 Å². The van der Waals surface area contributed by atoms with Crippen LogP contribution in [0.2, 0.25) is 0 Å². The largest absolute Gasteiger partial charge is 0.381 e. The molecule has 1 aliphatic rings. The Balaban J connectivity index is 0.00000484. The molecule has 1 fully saturated rings. The molecule has 0 heterocycles. The summed E-state index contributed by atoms with van der Waals surface area (Å²) in [6.45, 7) is 5.69. The van der Waals surface area contributed by atoms with Crippen LogP contribution >= 0.6 is 24.0 Å². The minimum Gasteiger partial charge on any atom is -0.381 e. The van der Waals surface area contributed by atoms with E-state index in [1.54, 1.807) is 19.0 Å². The maximum Gasteiger partial charge on any atom is 0.243 e. The number of hydrogen-bond acceptors (Lipinski definition) is 3. The first-order valence-corrected chi connectivity index (χ1v) is 8.43. The van der Waals surface area contributed by atoms with Gasteiger partial charge < -0.3 is 20.3 Å². The van der Waals surface area contributed by atoms with Gasteiger partial charge in [0.2, 0.25) is 5.91 Å². The smallest absolute Gasteiger partial charge is 0.243 e. The summed E-state index contributed by atoms with van der Waals surface area (Å²) in [5.41, 5.74) is 0. The van der Waals surface area contributed by atoms with E-state index in [2.05, 4.69) is 22.5 Å². The fourth-order valence-corrected chi connectivity index (χ4v) is 1.76. The van der Waals surface area contributed by atoms with Crippen LogP contribution in [0, 0.1) is 5.92 Å². The van der Waals surface area contributed by atoms with Crippen molar-refractivity contribution in [2.75, 3.05) is 46.9 Å². The van der Waals surface area contributed by atoms with E-state index in [1.807, 2.05) is 0 Å². The molecule has 0 atom stereocenters. The molecule has 7 heteroatoms. The van der Waals surface area contributed by atoms with Crippen LogP contribution in [0.4, 0.5) is 0 Å². The molecule has 0 radical (unpaired) electrons. The number of nitrogens with one attached hydrogen (secondary N) is 2. The van der Waals surface area contributed by atoms with Crippen molar-refractivity contribution < 1.29 is 9.53 Å². The predicted octanol–water partition coefficient (Wildman–Crippen LogP) is 1.84. The Morgan fingerprint density at radius 3 is 2.43 bits per heavy atom. The molecule has 1 rings (SSSR count). The van der Waals surface area contributed by atoms with Gasteiger partial charge in [-0.05, 0) is 31.6 Å². The van der Waals surface area contributed by atoms with Gasteiger partial charge in [0.15, 0.2) is 5.96 Å². The normalized spacial score (nSPS) is 14.1. The molecule has 0 aliphatic heterocycles. The Bertz CT molecular complexity index is 347. The highest BCUT2D eigenvalue weighted by atomic mass is 127. The summed E-state index contributed by atoms with van der Waals surface area (Å²) >= 11 is 0. The number of ether oxygens (including phenoxy) is 1. The Kier molecular flexibility index (Phi) is 13.5. The van der Waals surface area contributed by atoms with Crippen molar-refractivity contribution in [1.29, 1.82) is 0 Å². The Labute approximate surface area is 157 Å². The van der Waals surface area contributed by atoms with Gasteiger partial charge in [-0.2, -0.15) is 0 Å². The third-order valence-electron chi connectivity index (χ3n) is 3.50. The van der Waals surface area contributed by atoms with Gasteiger partial charge in [-0.3, -0.25) is 4.79 Å². The summed E-state index contributed by atoms with van der Waals surface area (Å²) in [6.07, 6.45) is 5.83. The summed E-state index contributed by atoms with van der Waals surface area (Å²) in [4.78, 5) is 17.5. The lowest BCUT2D eigenvalue weighted by molar-refractivity contribution is -0.127. The zero-order valence-corrected chi connectivity index (χ0v) is 17.1. The van der Waals surface area contributed by atoms with Crippen molar-refractivity contribution in [3.8, 4) is 0 Å². The van der Waals surface area contributed by atoms with Crippen molar-refractivity contribution in [3.05, 3.63) is 0 Å². The molecule has 0 aromatic carbocycles. The lowest BCUT2D eigenvalue weighted by atomic mass is 10.3. The standard InChI is InChI=1S/C16H32N4O2.HI/c1-4-5-9-17-16(19-12-15(21)20(2)3)18-10-6-11-22-13-14-7-8-14;/h14H,4-13H2,1-3H3,(H2,17,18,19);1H. The van der Waals surface area contributed by atoms with Gasteiger partial charge in [0.1, 0.15) is 6.54 Å². The average molecular weight is 440 g/mol. The van der Waals surface area contributed by atoms with E-state index in [0.717, 1.165) is 51.5 Å². The topological polar surface area (TPSA) is 66.0 Å². The number of aliphatic imine (C=N–C) groups is 1. The summed E-state index contributed by atoms with van der Waals surface area (Å²) in [5.74, 6) is 1.54. The van der Waals surface area contributed by atoms with E-state index < -0.39 is 0 Å². The molecule has 0 spiro atoms. The van der Waals surface area contributed by atoms with E-state index in [-0.39, 0.29) is 36.4 Å². The minimum atomic E-state index is 0. The van der Waals surface area contributed by atoms with Gasteiger partial charge >= 0.3 is 0 Å². The number of likely N-dealkylation sites (N-methyl/N-ethyl adjacent to an activating group) is 1. The third-order valence-corrected chi connectivity index (χ3v) is 3.50. The van der Waals surface area contributed by atoms with Crippen LogP contribution in [-0.2, 0) is 9.53 Å². The van der Waals surface area contributed by atoms with Gasteiger partial charge in [-0.25, -0.2) is 4.99 Å². The molecule has 0 aromatic rings. The summed E-state index contributed by atoms with van der Waals surface area (Å²) < 4.78 is 5.61. The van der Waals surface area contributed by atoms with Gasteiger partial charge in [0, 0.05) is 40.4 Å². The first-order valence-electron chi connectivity index (χ1n) is 8.43. The van der Waals surface area contributed by atoms with Gasteiger partial charge in [0.05, 0.1) is 0 Å². The van der Waals surface area contributed by atoms with Crippen LogP contribution in [0.5, 0.6) is 0 Å². The van der Waals surface area contributed by atoms with Gasteiger partial charge in [0.25, 0.3) is 0 Å². The van der Waals surface area contributed by atoms with Crippen LogP contribution in [-0.4, -0.2) is 63.7 Å². The van der Waals surface area contributed by atoms with E-state index in [4.69, 9.17) is 4.74 Å². The van der Waals surface area contributed by atoms with E-state index in [9.17, 15) is 4.79 Å². The van der Waals surface area contributed by atoms with Crippen LogP contribution in [0.3, 0.4) is 0 Å². The van der Waals surface area contributed by atoms with Crippen LogP contribution in [0.15, 0.2) is 4.99 Å². The Hall–Kier alpha value is -0.570. The molecule has 0 unspecified atom stereocenters. The first kappa shape index (κ1) is 22.4. The number of nitrogens with zero attached hydrogens (tertiary/aromatic N) is 2. The number of carbonyl (C=O) groups excluding carboxylic acids is 1. The number of halogens is 1. The molecule has 136 valence electrons. The summed E-state index contributed by atoms with van der Waals surface area (Å²) in [6, 6.07) is 0. The highest BCUT2D eigenvalue weighted by Gasteiger charge is 2.20. The van der Waals surface area contributed by atoms with E-state index in [0.29, 0.717) is 5.96 Å². The predicted molar refractivity (Wildman–Crippen MR) is 105 cm³/mol. The zero-order valence-electron chi connectivity index (χ0n) is 14.8. The number of hydrogen-bond donors (Lipinski definition) is 2. The van der Waals surface area contributed by atoms with Crippen molar-refractivity contribution in [3.63, 3.8) is 0 Å². The van der Waals surface area contributed by atoms with Crippen molar-refractivity contribution in [2.45, 2.75) is 39.0 Å². The SMILES string of the molecule is CCCCNC(=NCC(=O)N(C)C)NCCCOCC1CC1.I. The van der Waals surface area contributed by atoms with Crippen LogP contribution < -0.4 is 10.6 Å². The van der Waals surface area contributed by atoms with Crippen LogP contribution in [0.1, 0.15) is 39.0 Å². The molecular formula is C16H33IN4O2. The minimum absolute atomic E-state index is 0. The summed E-state index contributed by atoms with van der Waals surface area (Å²) in [5, 5.41) is 6.53. The zero-order chi connectivity index (χ0) is 16.2. The fraction of sp³-hybridized carbons (Fsp3) is 0.875. The monoisotopic (exact) mass is 440 g/mol. The number of unbranched alkanes of at least 4 members (excludes halogenated alkanes) is 1. The second-order valence-corrected chi connectivity index (χ2v) is 6.03. The molecule has 6 nitrogen and oxygen atoms in total. The molecule has 0 saturated heterocycles. The quantitative estimate of drug-likeness (QED) is 0.223. The number of guanidine groups is 1. The van der Waals surface area contributed by atoms with Crippen molar-refractivity contribution in [1.82, 2.24) is 15.5 Å². The lowest BCUT2D eigenvalue weighted by Gasteiger charge is -2.13. The first-order chi connectivity index (χ1) is 10.6. The highest BCUT2D eigenvalue weighted by Crippen LogP contribution is 2.28. The molecule has 1 saturated carbocycles. The lowest BCUT2D eigenvalue weighted by Crippen LogP contribution is -2.39. The third kappa shape index (κ3) is 12.5. The Morgan fingerprint density at radius 1 is 1.22 bits per heavy atom. The number of amides is 1. The second-order valence-electron chi connectivity index (χ2n) is 6.03. The number of carbonyl (C=O) groups is 1. The maximum absolute atomic E-state index is 11.6. The Morgan fingerprint density at radius 2 is 1.87 bits per heavy atom. The molecular weight excluding hydrogens is 407 g/mol. The van der Waals surface area contributed by atoms with Crippen molar-refractivity contribution >= 4 is 35.8 Å². The molecule has 0 aromatic heterocycles. The van der Waals surface area contributed by atoms with Crippen molar-refractivity contribution in [2.24, 2.45) is 10.9 Å². The molecule has 2 N–H and O–H groups in total. The highest BCUT2D eigenvalue weighted by molar-refractivity contribution is 14.0. The van der Waals surface area contributed by atoms with Gasteiger partial charge in [-0.1, -0.05) is 13.3 Å². The fourth-order valence-electron chi connectivity index (χ4n) is 1.76. The number of rotatable bonds is 11. The summed E-state index contributed by atoms with van der Waals surface area (Å²) in [7, 11) is 3.49. The second kappa shape index (κ2) is 13.8.